The van der Waals surface area contributed by atoms with Gasteiger partial charge in [-0.15, -0.1) is 0 Å². The van der Waals surface area contributed by atoms with Crippen LogP contribution in [0.5, 0.6) is 0 Å². The first-order valence-corrected chi connectivity index (χ1v) is 6.64. The maximum Gasteiger partial charge on any atom is 0.312 e. The molecule has 2 nitrogen and oxygen atoms in total. The molecule has 0 radical (unpaired) electrons. The molecule has 0 bridgehead atoms. The number of esters is 1. The van der Waals surface area contributed by atoms with E-state index in [1.807, 2.05) is 6.92 Å². The van der Waals surface area contributed by atoms with E-state index in [0.717, 1.165) is 19.3 Å². The topological polar surface area (TPSA) is 26.3 Å². The van der Waals surface area contributed by atoms with Gasteiger partial charge in [0.25, 0.3) is 0 Å². The zero-order valence-electron chi connectivity index (χ0n) is 12.9. The first kappa shape index (κ1) is 16.5. The summed E-state index contributed by atoms with van der Waals surface area (Å²) in [5, 5.41) is 0. The van der Waals surface area contributed by atoms with E-state index in [2.05, 4.69) is 41.5 Å². The molecule has 0 saturated carbocycles. The van der Waals surface area contributed by atoms with Crippen LogP contribution in [0.3, 0.4) is 0 Å². The third-order valence-corrected chi connectivity index (χ3v) is 4.78. The third kappa shape index (κ3) is 3.46. The molecule has 0 rings (SSSR count). The number of carbonyl (C=O) groups excluding carboxylic acids is 1. The second-order valence-corrected chi connectivity index (χ2v) is 6.77. The third-order valence-electron chi connectivity index (χ3n) is 4.78. The van der Waals surface area contributed by atoms with E-state index in [-0.39, 0.29) is 16.8 Å². The van der Waals surface area contributed by atoms with Gasteiger partial charge in [-0.1, -0.05) is 54.4 Å². The van der Waals surface area contributed by atoms with Gasteiger partial charge in [0.1, 0.15) is 0 Å². The molecule has 0 aliphatic rings. The SMILES string of the molecule is CCC(C)(CC)CC(C)(C(=O)OC)C(C)(C)C. The molecule has 2 heteroatoms. The molecule has 0 aliphatic heterocycles. The summed E-state index contributed by atoms with van der Waals surface area (Å²) in [7, 11) is 1.49. The van der Waals surface area contributed by atoms with Gasteiger partial charge in [-0.05, 0) is 24.2 Å². The van der Waals surface area contributed by atoms with Crippen molar-refractivity contribution in [3.63, 3.8) is 0 Å². The van der Waals surface area contributed by atoms with E-state index in [1.54, 1.807) is 0 Å². The van der Waals surface area contributed by atoms with Crippen molar-refractivity contribution in [3.05, 3.63) is 0 Å². The monoisotopic (exact) mass is 242 g/mol. The Hall–Kier alpha value is -0.530. The second-order valence-electron chi connectivity index (χ2n) is 6.77. The van der Waals surface area contributed by atoms with Crippen LogP contribution in [0.1, 0.15) is 67.7 Å². The van der Waals surface area contributed by atoms with Gasteiger partial charge in [0.15, 0.2) is 0 Å². The summed E-state index contributed by atoms with van der Waals surface area (Å²) in [4.78, 5) is 12.2. The molecule has 0 spiro atoms. The van der Waals surface area contributed by atoms with Crippen molar-refractivity contribution in [1.29, 1.82) is 0 Å². The summed E-state index contributed by atoms with van der Waals surface area (Å²) >= 11 is 0. The molecule has 1 unspecified atom stereocenters. The van der Waals surface area contributed by atoms with Crippen LogP contribution < -0.4 is 0 Å². The van der Waals surface area contributed by atoms with Crippen LogP contribution in [0.2, 0.25) is 0 Å². The van der Waals surface area contributed by atoms with Crippen molar-refractivity contribution in [1.82, 2.24) is 0 Å². The molecule has 0 aliphatic carbocycles. The Morgan fingerprint density at radius 3 is 1.65 bits per heavy atom. The minimum absolute atomic E-state index is 0.0851. The van der Waals surface area contributed by atoms with Crippen molar-refractivity contribution in [2.24, 2.45) is 16.2 Å². The van der Waals surface area contributed by atoms with Crippen LogP contribution in [0.15, 0.2) is 0 Å². The summed E-state index contributed by atoms with van der Waals surface area (Å²) < 4.78 is 5.04. The van der Waals surface area contributed by atoms with E-state index in [9.17, 15) is 4.79 Å². The summed E-state index contributed by atoms with van der Waals surface area (Å²) in [5.41, 5.74) is -0.315. The largest absolute Gasteiger partial charge is 0.469 e. The molecule has 102 valence electrons. The molecule has 0 heterocycles. The van der Waals surface area contributed by atoms with Gasteiger partial charge in [-0.2, -0.15) is 0 Å². The standard InChI is InChI=1S/C15H30O2/c1-9-14(6,10-2)11-15(7,12(16)17-8)13(3,4)5/h9-11H2,1-8H3. The molecular formula is C15H30O2. The number of methoxy groups -OCH3 is 1. The Morgan fingerprint density at radius 1 is 1.00 bits per heavy atom. The number of ether oxygens (including phenoxy) is 1. The quantitative estimate of drug-likeness (QED) is 0.667. The van der Waals surface area contributed by atoms with Crippen LogP contribution in [0.25, 0.3) is 0 Å². The van der Waals surface area contributed by atoms with Gasteiger partial charge in [0.05, 0.1) is 12.5 Å². The van der Waals surface area contributed by atoms with Crippen molar-refractivity contribution in [3.8, 4) is 0 Å². The Morgan fingerprint density at radius 2 is 1.41 bits per heavy atom. The fraction of sp³-hybridized carbons (Fsp3) is 0.933. The highest BCUT2D eigenvalue weighted by Crippen LogP contribution is 2.49. The molecule has 0 aromatic carbocycles. The number of carbonyl (C=O) groups is 1. The maximum atomic E-state index is 12.2. The highest BCUT2D eigenvalue weighted by Gasteiger charge is 2.48. The lowest BCUT2D eigenvalue weighted by atomic mass is 9.59. The zero-order chi connectivity index (χ0) is 13.9. The molecule has 1 atom stereocenters. The first-order valence-electron chi connectivity index (χ1n) is 6.64. The minimum atomic E-state index is -0.428. The van der Waals surface area contributed by atoms with Crippen molar-refractivity contribution < 1.29 is 9.53 Å². The van der Waals surface area contributed by atoms with Gasteiger partial charge in [-0.25, -0.2) is 0 Å². The fourth-order valence-electron chi connectivity index (χ4n) is 2.22. The Bertz CT molecular complexity index is 259. The lowest BCUT2D eigenvalue weighted by Gasteiger charge is -2.44. The van der Waals surface area contributed by atoms with Crippen molar-refractivity contribution in [2.75, 3.05) is 7.11 Å². The molecule has 17 heavy (non-hydrogen) atoms. The maximum absolute atomic E-state index is 12.2. The Kier molecular flexibility index (Phi) is 5.24. The zero-order valence-corrected chi connectivity index (χ0v) is 12.9. The van der Waals surface area contributed by atoms with E-state index in [0.29, 0.717) is 0 Å². The molecule has 0 fully saturated rings. The smallest absolute Gasteiger partial charge is 0.312 e. The van der Waals surface area contributed by atoms with E-state index in [1.165, 1.54) is 7.11 Å². The predicted octanol–water partition coefficient (Wildman–Crippen LogP) is 4.43. The van der Waals surface area contributed by atoms with Gasteiger partial charge in [-0.3, -0.25) is 4.79 Å². The van der Waals surface area contributed by atoms with E-state index < -0.39 is 5.41 Å². The van der Waals surface area contributed by atoms with E-state index >= 15 is 0 Å². The normalized spacial score (nSPS) is 16.5. The molecular weight excluding hydrogens is 212 g/mol. The van der Waals surface area contributed by atoms with Gasteiger partial charge < -0.3 is 4.74 Å². The van der Waals surface area contributed by atoms with Crippen LogP contribution in [-0.4, -0.2) is 13.1 Å². The van der Waals surface area contributed by atoms with Gasteiger partial charge in [0, 0.05) is 0 Å². The summed E-state index contributed by atoms with van der Waals surface area (Å²) in [5.74, 6) is -0.0851. The van der Waals surface area contributed by atoms with Crippen LogP contribution in [0, 0.1) is 16.2 Å². The summed E-state index contributed by atoms with van der Waals surface area (Å²) in [6.07, 6.45) is 3.06. The molecule has 0 saturated heterocycles. The van der Waals surface area contributed by atoms with Gasteiger partial charge in [0.2, 0.25) is 0 Å². The van der Waals surface area contributed by atoms with E-state index in [4.69, 9.17) is 4.74 Å². The first-order chi connectivity index (χ1) is 7.56. The molecule has 0 aromatic heterocycles. The van der Waals surface area contributed by atoms with Crippen LogP contribution in [-0.2, 0) is 9.53 Å². The lowest BCUT2D eigenvalue weighted by molar-refractivity contribution is -0.162. The number of rotatable bonds is 5. The predicted molar refractivity (Wildman–Crippen MR) is 72.9 cm³/mol. The highest BCUT2D eigenvalue weighted by molar-refractivity contribution is 5.77. The molecule has 0 aromatic rings. The van der Waals surface area contributed by atoms with Crippen LogP contribution in [0.4, 0.5) is 0 Å². The molecule has 0 N–H and O–H groups in total. The lowest BCUT2D eigenvalue weighted by Crippen LogP contribution is -2.44. The van der Waals surface area contributed by atoms with Crippen LogP contribution >= 0.6 is 0 Å². The van der Waals surface area contributed by atoms with Crippen molar-refractivity contribution in [2.45, 2.75) is 67.7 Å². The average Bonchev–Trinajstić information content (AvgIpc) is 2.26. The fourth-order valence-corrected chi connectivity index (χ4v) is 2.22. The Labute approximate surface area is 107 Å². The average molecular weight is 242 g/mol. The second kappa shape index (κ2) is 5.41. The Balaban J connectivity index is 5.30. The summed E-state index contributed by atoms with van der Waals surface area (Å²) in [6, 6.07) is 0. The molecule has 0 amide bonds. The van der Waals surface area contributed by atoms with Gasteiger partial charge >= 0.3 is 5.97 Å². The highest BCUT2D eigenvalue weighted by atomic mass is 16.5. The minimum Gasteiger partial charge on any atom is -0.469 e. The number of hydrogen-bond acceptors (Lipinski definition) is 2. The summed E-state index contributed by atoms with van der Waals surface area (Å²) in [6.45, 7) is 15.1. The number of hydrogen-bond donors (Lipinski definition) is 0. The van der Waals surface area contributed by atoms with Crippen molar-refractivity contribution >= 4 is 5.97 Å².